The number of esters is 1. The molecule has 7 nitrogen and oxygen atoms in total. The smallest absolute Gasteiger partial charge is 0.354 e. The van der Waals surface area contributed by atoms with E-state index in [1.807, 2.05) is 6.07 Å². The first-order valence-corrected chi connectivity index (χ1v) is 8.99. The van der Waals surface area contributed by atoms with Crippen LogP contribution in [0, 0.1) is 0 Å². The predicted octanol–water partition coefficient (Wildman–Crippen LogP) is 2.35. The van der Waals surface area contributed by atoms with Crippen LogP contribution in [0.25, 0.3) is 0 Å². The van der Waals surface area contributed by atoms with Gasteiger partial charge in [-0.05, 0) is 29.8 Å². The number of ether oxygens (including phenoxy) is 2. The van der Waals surface area contributed by atoms with E-state index in [0.29, 0.717) is 17.0 Å². The summed E-state index contributed by atoms with van der Waals surface area (Å²) in [6, 6.07) is 14.0. The fourth-order valence-corrected chi connectivity index (χ4v) is 3.92. The topological polar surface area (TPSA) is 76.1 Å². The van der Waals surface area contributed by atoms with Crippen LogP contribution in [-0.4, -0.2) is 42.5 Å². The lowest BCUT2D eigenvalue weighted by Gasteiger charge is -2.46. The van der Waals surface area contributed by atoms with Gasteiger partial charge in [0.1, 0.15) is 12.4 Å². The fourth-order valence-electron chi connectivity index (χ4n) is 3.92. The summed E-state index contributed by atoms with van der Waals surface area (Å²) in [6.45, 7) is 0.0174. The van der Waals surface area contributed by atoms with Gasteiger partial charge in [0, 0.05) is 19.9 Å². The number of nitrogens with zero attached hydrogens (tertiary/aromatic N) is 2. The predicted molar refractivity (Wildman–Crippen MR) is 101 cm³/mol. The lowest BCUT2D eigenvalue weighted by molar-refractivity contribution is -0.157. The summed E-state index contributed by atoms with van der Waals surface area (Å²) in [4.78, 5) is 41.5. The van der Waals surface area contributed by atoms with Crippen molar-refractivity contribution in [2.75, 3.05) is 19.1 Å². The molecular weight excluding hydrogens is 360 g/mol. The highest BCUT2D eigenvalue weighted by Crippen LogP contribution is 2.44. The summed E-state index contributed by atoms with van der Waals surface area (Å²) in [5.74, 6) is -0.472. The van der Waals surface area contributed by atoms with Crippen molar-refractivity contribution >= 4 is 23.5 Å². The Morgan fingerprint density at radius 2 is 1.93 bits per heavy atom. The van der Waals surface area contributed by atoms with Crippen molar-refractivity contribution in [3.8, 4) is 5.75 Å². The Morgan fingerprint density at radius 3 is 2.71 bits per heavy atom. The number of anilines is 1. The molecule has 0 saturated carbocycles. The fraction of sp³-hybridized carbons (Fsp3) is 0.286. The third-order valence-corrected chi connectivity index (χ3v) is 5.37. The Hall–Kier alpha value is -3.35. The number of rotatable bonds is 4. The summed E-state index contributed by atoms with van der Waals surface area (Å²) in [7, 11) is 3.10. The van der Waals surface area contributed by atoms with Crippen LogP contribution in [0.5, 0.6) is 5.75 Å². The molecule has 0 spiro atoms. The SMILES string of the molecule is COc1cccc(COC(=O)[C@]23CCC(=O)N2c2ccccc2C(=O)N3C)c1. The Kier molecular flexibility index (Phi) is 4.30. The molecule has 2 amide bonds. The molecule has 1 fully saturated rings. The van der Waals surface area contributed by atoms with Gasteiger partial charge in [0.2, 0.25) is 11.6 Å². The molecule has 28 heavy (non-hydrogen) atoms. The van der Waals surface area contributed by atoms with Crippen molar-refractivity contribution in [2.24, 2.45) is 0 Å². The van der Waals surface area contributed by atoms with Gasteiger partial charge in [-0.2, -0.15) is 0 Å². The summed E-state index contributed by atoms with van der Waals surface area (Å²) >= 11 is 0. The van der Waals surface area contributed by atoms with Crippen molar-refractivity contribution in [2.45, 2.75) is 25.1 Å². The second-order valence-electron chi connectivity index (χ2n) is 6.85. The molecule has 0 aromatic heterocycles. The number of methoxy groups -OCH3 is 1. The van der Waals surface area contributed by atoms with Crippen LogP contribution in [0.2, 0.25) is 0 Å². The van der Waals surface area contributed by atoms with E-state index in [2.05, 4.69) is 0 Å². The molecule has 0 aliphatic carbocycles. The molecule has 144 valence electrons. The van der Waals surface area contributed by atoms with Crippen LogP contribution in [0.1, 0.15) is 28.8 Å². The zero-order chi connectivity index (χ0) is 19.9. The quantitative estimate of drug-likeness (QED) is 0.761. The van der Waals surface area contributed by atoms with Gasteiger partial charge in [-0.25, -0.2) is 4.79 Å². The average molecular weight is 380 g/mol. The zero-order valence-electron chi connectivity index (χ0n) is 15.7. The van der Waals surface area contributed by atoms with Crippen molar-refractivity contribution in [3.63, 3.8) is 0 Å². The van der Waals surface area contributed by atoms with E-state index in [-0.39, 0.29) is 31.3 Å². The van der Waals surface area contributed by atoms with Crippen LogP contribution < -0.4 is 9.64 Å². The molecule has 1 saturated heterocycles. The molecule has 4 rings (SSSR count). The molecule has 2 aromatic rings. The number of carbonyl (C=O) groups is 3. The lowest BCUT2D eigenvalue weighted by atomic mass is 9.97. The number of hydrogen-bond donors (Lipinski definition) is 0. The van der Waals surface area contributed by atoms with Crippen molar-refractivity contribution in [3.05, 3.63) is 59.7 Å². The summed E-state index contributed by atoms with van der Waals surface area (Å²) in [6.07, 6.45) is 0.361. The second kappa shape index (κ2) is 6.67. The maximum Gasteiger partial charge on any atom is 0.354 e. The van der Waals surface area contributed by atoms with Gasteiger partial charge in [-0.15, -0.1) is 0 Å². The van der Waals surface area contributed by atoms with E-state index >= 15 is 0 Å². The molecule has 1 atom stereocenters. The van der Waals surface area contributed by atoms with Gasteiger partial charge in [0.05, 0.1) is 18.4 Å². The molecule has 2 aliphatic rings. The van der Waals surface area contributed by atoms with Gasteiger partial charge in [-0.1, -0.05) is 24.3 Å². The highest BCUT2D eigenvalue weighted by Gasteiger charge is 2.60. The molecule has 0 bridgehead atoms. The number of likely N-dealkylation sites (N-methyl/N-ethyl adjacent to an activating group) is 1. The Labute approximate surface area is 162 Å². The van der Waals surface area contributed by atoms with E-state index in [9.17, 15) is 14.4 Å². The first kappa shape index (κ1) is 18.0. The van der Waals surface area contributed by atoms with Gasteiger partial charge in [-0.3, -0.25) is 14.5 Å². The van der Waals surface area contributed by atoms with Gasteiger partial charge < -0.3 is 14.4 Å². The third kappa shape index (κ3) is 2.54. The normalized spacial score (nSPS) is 20.6. The number of benzene rings is 2. The number of hydrogen-bond acceptors (Lipinski definition) is 5. The summed E-state index contributed by atoms with van der Waals surface area (Å²) in [5, 5.41) is 0. The minimum Gasteiger partial charge on any atom is -0.497 e. The molecule has 0 N–H and O–H groups in total. The third-order valence-electron chi connectivity index (χ3n) is 5.37. The van der Waals surface area contributed by atoms with E-state index < -0.39 is 11.6 Å². The largest absolute Gasteiger partial charge is 0.497 e. The molecule has 2 aromatic carbocycles. The van der Waals surface area contributed by atoms with E-state index in [1.165, 1.54) is 16.8 Å². The van der Waals surface area contributed by atoms with Crippen molar-refractivity contribution < 1.29 is 23.9 Å². The first-order valence-electron chi connectivity index (χ1n) is 8.99. The maximum absolute atomic E-state index is 13.2. The number of carbonyl (C=O) groups excluding carboxylic acids is 3. The van der Waals surface area contributed by atoms with Crippen molar-refractivity contribution in [1.82, 2.24) is 4.90 Å². The van der Waals surface area contributed by atoms with Gasteiger partial charge >= 0.3 is 5.97 Å². The Morgan fingerprint density at radius 1 is 1.14 bits per heavy atom. The molecule has 7 heteroatoms. The number of fused-ring (bicyclic) bond motifs is 3. The molecule has 2 aliphatic heterocycles. The number of amides is 2. The highest BCUT2D eigenvalue weighted by molar-refractivity contribution is 6.15. The van der Waals surface area contributed by atoms with Crippen LogP contribution >= 0.6 is 0 Å². The zero-order valence-corrected chi connectivity index (χ0v) is 15.7. The van der Waals surface area contributed by atoms with Gasteiger partial charge in [0.25, 0.3) is 5.91 Å². The Bertz CT molecular complexity index is 973. The first-order chi connectivity index (χ1) is 13.5. The van der Waals surface area contributed by atoms with E-state index in [1.54, 1.807) is 49.6 Å². The standard InChI is InChI=1S/C21H20N2O5/c1-22-19(25)16-8-3-4-9-17(16)23-18(24)10-11-21(22,23)20(26)28-13-14-6-5-7-15(12-14)27-2/h3-9,12H,10-11,13H2,1-2H3/t21-/m0/s1. The van der Waals surface area contributed by atoms with Crippen LogP contribution in [0.3, 0.4) is 0 Å². The number of para-hydroxylation sites is 1. The monoisotopic (exact) mass is 380 g/mol. The van der Waals surface area contributed by atoms with Gasteiger partial charge in [0.15, 0.2) is 0 Å². The minimum atomic E-state index is -1.46. The molecule has 2 heterocycles. The van der Waals surface area contributed by atoms with Crippen molar-refractivity contribution in [1.29, 1.82) is 0 Å². The molecular formula is C21H20N2O5. The highest BCUT2D eigenvalue weighted by atomic mass is 16.5. The van der Waals surface area contributed by atoms with E-state index in [4.69, 9.17) is 9.47 Å². The summed E-state index contributed by atoms with van der Waals surface area (Å²) in [5.41, 5.74) is 0.148. The maximum atomic E-state index is 13.2. The van der Waals surface area contributed by atoms with Crippen LogP contribution in [0.15, 0.2) is 48.5 Å². The van der Waals surface area contributed by atoms with Crippen LogP contribution in [0.4, 0.5) is 5.69 Å². The van der Waals surface area contributed by atoms with E-state index in [0.717, 1.165) is 5.56 Å². The lowest BCUT2D eigenvalue weighted by Crippen LogP contribution is -2.67. The minimum absolute atomic E-state index is 0.0174. The summed E-state index contributed by atoms with van der Waals surface area (Å²) < 4.78 is 10.8. The Balaban J connectivity index is 1.67. The molecule has 0 unspecified atom stereocenters. The average Bonchev–Trinajstić information content (AvgIpc) is 3.09. The second-order valence-corrected chi connectivity index (χ2v) is 6.85. The van der Waals surface area contributed by atoms with Crippen LogP contribution in [-0.2, 0) is 20.9 Å². The molecule has 0 radical (unpaired) electrons.